The minimum Gasteiger partial charge on any atom is -0.481 e. The van der Waals surface area contributed by atoms with Crippen molar-refractivity contribution < 1.29 is 19.4 Å². The second kappa shape index (κ2) is 7.64. The Morgan fingerprint density at radius 1 is 1.24 bits per heavy atom. The van der Waals surface area contributed by atoms with Crippen LogP contribution in [0.3, 0.4) is 0 Å². The van der Waals surface area contributed by atoms with Crippen molar-refractivity contribution in [3.8, 4) is 0 Å². The fourth-order valence-electron chi connectivity index (χ4n) is 3.27. The van der Waals surface area contributed by atoms with Crippen LogP contribution in [0.2, 0.25) is 0 Å². The van der Waals surface area contributed by atoms with Gasteiger partial charge in [0.05, 0.1) is 0 Å². The van der Waals surface area contributed by atoms with Crippen molar-refractivity contribution in [2.45, 2.75) is 57.0 Å². The number of carbonyl (C=O) groups excluding carboxylic acids is 1. The lowest BCUT2D eigenvalue weighted by molar-refractivity contribution is -0.137. The summed E-state index contributed by atoms with van der Waals surface area (Å²) in [4.78, 5) is 27.2. The SMILES string of the molecule is CN(C(=O)N1CCCCC1CCC(=O)O)C1CCOCC1. The van der Waals surface area contributed by atoms with Gasteiger partial charge >= 0.3 is 12.0 Å². The van der Waals surface area contributed by atoms with Crippen LogP contribution in [-0.2, 0) is 9.53 Å². The summed E-state index contributed by atoms with van der Waals surface area (Å²) in [7, 11) is 1.86. The van der Waals surface area contributed by atoms with Crippen molar-refractivity contribution in [2.75, 3.05) is 26.8 Å². The summed E-state index contributed by atoms with van der Waals surface area (Å²) in [6, 6.07) is 0.370. The van der Waals surface area contributed by atoms with Crippen LogP contribution in [-0.4, -0.2) is 65.8 Å². The molecule has 0 radical (unpaired) electrons. The van der Waals surface area contributed by atoms with Crippen molar-refractivity contribution in [2.24, 2.45) is 0 Å². The Bertz CT molecular complexity index is 369. The summed E-state index contributed by atoms with van der Waals surface area (Å²) in [5.74, 6) is -0.786. The molecule has 6 nitrogen and oxygen atoms in total. The van der Waals surface area contributed by atoms with E-state index in [0.717, 1.165) is 38.6 Å². The van der Waals surface area contributed by atoms with Gasteiger partial charge in [-0.15, -0.1) is 0 Å². The van der Waals surface area contributed by atoms with Gasteiger partial charge in [-0.2, -0.15) is 0 Å². The molecule has 2 fully saturated rings. The molecule has 0 bridgehead atoms. The van der Waals surface area contributed by atoms with Crippen molar-refractivity contribution >= 4 is 12.0 Å². The Balaban J connectivity index is 1.94. The van der Waals surface area contributed by atoms with Crippen LogP contribution in [0.5, 0.6) is 0 Å². The van der Waals surface area contributed by atoms with Crippen molar-refractivity contribution in [1.29, 1.82) is 0 Å². The summed E-state index contributed by atoms with van der Waals surface area (Å²) in [5.41, 5.74) is 0. The molecule has 1 atom stereocenters. The molecule has 2 rings (SSSR count). The molecule has 0 aromatic rings. The van der Waals surface area contributed by atoms with Crippen LogP contribution in [0.4, 0.5) is 4.79 Å². The molecule has 1 N–H and O–H groups in total. The monoisotopic (exact) mass is 298 g/mol. The Labute approximate surface area is 126 Å². The first kappa shape index (κ1) is 16.1. The lowest BCUT2D eigenvalue weighted by atomic mass is 9.98. The summed E-state index contributed by atoms with van der Waals surface area (Å²) in [6.07, 6.45) is 5.47. The summed E-state index contributed by atoms with van der Waals surface area (Å²) in [6.45, 7) is 2.17. The molecule has 0 aromatic heterocycles. The van der Waals surface area contributed by atoms with E-state index < -0.39 is 5.97 Å². The highest BCUT2D eigenvalue weighted by atomic mass is 16.5. The van der Waals surface area contributed by atoms with Crippen molar-refractivity contribution in [1.82, 2.24) is 9.80 Å². The highest BCUT2D eigenvalue weighted by molar-refractivity contribution is 5.75. The second-order valence-corrected chi connectivity index (χ2v) is 6.01. The third-order valence-electron chi connectivity index (χ3n) is 4.60. The third kappa shape index (κ3) is 4.33. The van der Waals surface area contributed by atoms with Crippen LogP contribution in [0.25, 0.3) is 0 Å². The van der Waals surface area contributed by atoms with Crippen molar-refractivity contribution in [3.63, 3.8) is 0 Å². The zero-order valence-electron chi connectivity index (χ0n) is 12.8. The third-order valence-corrected chi connectivity index (χ3v) is 4.60. The van der Waals surface area contributed by atoms with Gasteiger partial charge in [0.2, 0.25) is 0 Å². The minimum absolute atomic E-state index is 0.0528. The molecule has 120 valence electrons. The quantitative estimate of drug-likeness (QED) is 0.861. The number of urea groups is 1. The maximum Gasteiger partial charge on any atom is 0.320 e. The number of carboxylic acids is 1. The number of nitrogens with zero attached hydrogens (tertiary/aromatic N) is 2. The fourth-order valence-corrected chi connectivity index (χ4v) is 3.27. The number of carbonyl (C=O) groups is 2. The fraction of sp³-hybridized carbons (Fsp3) is 0.867. The number of likely N-dealkylation sites (tertiary alicyclic amines) is 1. The van der Waals surface area contributed by atoms with Crippen LogP contribution in [0, 0.1) is 0 Å². The molecule has 0 saturated carbocycles. The van der Waals surface area contributed by atoms with E-state index in [1.807, 2.05) is 16.8 Å². The molecule has 2 heterocycles. The molecule has 2 aliphatic rings. The predicted molar refractivity (Wildman–Crippen MR) is 78.2 cm³/mol. The molecular weight excluding hydrogens is 272 g/mol. The Kier molecular flexibility index (Phi) is 5.85. The van der Waals surface area contributed by atoms with Gasteiger partial charge < -0.3 is 19.6 Å². The number of hydrogen-bond acceptors (Lipinski definition) is 3. The van der Waals surface area contributed by atoms with E-state index in [-0.39, 0.29) is 24.5 Å². The average molecular weight is 298 g/mol. The van der Waals surface area contributed by atoms with E-state index >= 15 is 0 Å². The van der Waals surface area contributed by atoms with Gasteiger partial charge in [0.1, 0.15) is 0 Å². The lowest BCUT2D eigenvalue weighted by Gasteiger charge is -2.41. The van der Waals surface area contributed by atoms with E-state index in [1.54, 1.807) is 0 Å². The minimum atomic E-state index is -0.786. The average Bonchev–Trinajstić information content (AvgIpc) is 2.52. The zero-order valence-corrected chi connectivity index (χ0v) is 12.8. The van der Waals surface area contributed by atoms with E-state index in [9.17, 15) is 9.59 Å². The van der Waals surface area contributed by atoms with Crippen LogP contribution in [0.1, 0.15) is 44.9 Å². The van der Waals surface area contributed by atoms with Crippen molar-refractivity contribution in [3.05, 3.63) is 0 Å². The largest absolute Gasteiger partial charge is 0.481 e. The van der Waals surface area contributed by atoms with Crippen LogP contribution >= 0.6 is 0 Å². The van der Waals surface area contributed by atoms with Gasteiger partial charge in [0.25, 0.3) is 0 Å². The molecule has 6 heteroatoms. The highest BCUT2D eigenvalue weighted by Crippen LogP contribution is 2.24. The van der Waals surface area contributed by atoms with Gasteiger partial charge in [0, 0.05) is 45.3 Å². The van der Waals surface area contributed by atoms with Gasteiger partial charge in [-0.25, -0.2) is 4.79 Å². The lowest BCUT2D eigenvalue weighted by Crippen LogP contribution is -2.52. The first-order valence-electron chi connectivity index (χ1n) is 7.92. The van der Waals surface area contributed by atoms with Gasteiger partial charge in [-0.1, -0.05) is 0 Å². The molecular formula is C15H26N2O4. The summed E-state index contributed by atoms with van der Waals surface area (Å²) in [5, 5.41) is 8.85. The first-order chi connectivity index (χ1) is 10.1. The molecule has 2 aliphatic heterocycles. The number of aliphatic carboxylic acids is 1. The molecule has 2 saturated heterocycles. The molecule has 0 aliphatic carbocycles. The standard InChI is InChI=1S/C15H26N2O4/c1-16(12-7-10-21-11-8-12)15(20)17-9-3-2-4-13(17)5-6-14(18)19/h12-13H,2-11H2,1H3,(H,18,19). The van der Waals surface area contributed by atoms with Crippen LogP contribution in [0.15, 0.2) is 0 Å². The van der Waals surface area contributed by atoms with Gasteiger partial charge in [0.15, 0.2) is 0 Å². The molecule has 1 unspecified atom stereocenters. The predicted octanol–water partition coefficient (Wildman–Crippen LogP) is 1.94. The molecule has 0 aromatic carbocycles. The highest BCUT2D eigenvalue weighted by Gasteiger charge is 2.32. The van der Waals surface area contributed by atoms with E-state index in [1.165, 1.54) is 0 Å². The smallest absolute Gasteiger partial charge is 0.320 e. The number of ether oxygens (including phenoxy) is 1. The topological polar surface area (TPSA) is 70.1 Å². The zero-order chi connectivity index (χ0) is 15.2. The molecule has 0 spiro atoms. The maximum atomic E-state index is 12.7. The molecule has 21 heavy (non-hydrogen) atoms. The molecule has 2 amide bonds. The number of amides is 2. The number of piperidine rings is 1. The summed E-state index contributed by atoms with van der Waals surface area (Å²) >= 11 is 0. The van der Waals surface area contributed by atoms with E-state index in [4.69, 9.17) is 9.84 Å². The number of hydrogen-bond donors (Lipinski definition) is 1. The maximum absolute atomic E-state index is 12.7. The first-order valence-corrected chi connectivity index (χ1v) is 7.92. The second-order valence-electron chi connectivity index (χ2n) is 6.01. The van der Waals surface area contributed by atoms with Gasteiger partial charge in [-0.05, 0) is 38.5 Å². The Morgan fingerprint density at radius 3 is 2.62 bits per heavy atom. The Hall–Kier alpha value is -1.30. The normalized spacial score (nSPS) is 23.9. The Morgan fingerprint density at radius 2 is 1.95 bits per heavy atom. The number of rotatable bonds is 4. The number of carboxylic acid groups (broad SMARTS) is 1. The van der Waals surface area contributed by atoms with E-state index in [0.29, 0.717) is 19.6 Å². The van der Waals surface area contributed by atoms with Crippen LogP contribution < -0.4 is 0 Å². The summed E-state index contributed by atoms with van der Waals surface area (Å²) < 4.78 is 5.34. The van der Waals surface area contributed by atoms with E-state index in [2.05, 4.69) is 0 Å². The van der Waals surface area contributed by atoms with Gasteiger partial charge in [-0.3, -0.25) is 4.79 Å².